The Morgan fingerprint density at radius 3 is 2.89 bits per heavy atom. The second-order valence-electron chi connectivity index (χ2n) is 5.62. The topological polar surface area (TPSA) is 34.0 Å². The van der Waals surface area contributed by atoms with E-state index in [2.05, 4.69) is 28.2 Å². The SMILES string of the molecule is CC(C(=O)NCC1CC1)c1cn(C)c2ccccc12. The van der Waals surface area contributed by atoms with Crippen LogP contribution in [0.4, 0.5) is 0 Å². The Labute approximate surface area is 113 Å². The molecule has 3 heteroatoms. The van der Waals surface area contributed by atoms with Crippen molar-refractivity contribution in [2.45, 2.75) is 25.7 Å². The molecular formula is C16H20N2O. The highest BCUT2D eigenvalue weighted by molar-refractivity contribution is 5.92. The number of benzene rings is 1. The monoisotopic (exact) mass is 256 g/mol. The van der Waals surface area contributed by atoms with Gasteiger partial charge in [-0.15, -0.1) is 0 Å². The van der Waals surface area contributed by atoms with E-state index in [-0.39, 0.29) is 11.8 Å². The van der Waals surface area contributed by atoms with E-state index in [1.54, 1.807) is 0 Å². The van der Waals surface area contributed by atoms with Crippen LogP contribution < -0.4 is 5.32 Å². The lowest BCUT2D eigenvalue weighted by Gasteiger charge is -2.11. The number of hydrogen-bond acceptors (Lipinski definition) is 1. The molecule has 1 atom stereocenters. The van der Waals surface area contributed by atoms with Crippen LogP contribution >= 0.6 is 0 Å². The zero-order valence-corrected chi connectivity index (χ0v) is 11.5. The average Bonchev–Trinajstić information content (AvgIpc) is 3.20. The number of hydrogen-bond donors (Lipinski definition) is 1. The third kappa shape index (κ3) is 2.37. The molecule has 100 valence electrons. The van der Waals surface area contributed by atoms with Crippen LogP contribution in [0, 0.1) is 5.92 Å². The van der Waals surface area contributed by atoms with Crippen molar-refractivity contribution < 1.29 is 4.79 Å². The van der Waals surface area contributed by atoms with Gasteiger partial charge < -0.3 is 9.88 Å². The van der Waals surface area contributed by atoms with Crippen LogP contribution in [0.15, 0.2) is 30.5 Å². The van der Waals surface area contributed by atoms with E-state index in [4.69, 9.17) is 0 Å². The van der Waals surface area contributed by atoms with Crippen LogP contribution in [0.2, 0.25) is 0 Å². The first kappa shape index (κ1) is 12.3. The third-order valence-corrected chi connectivity index (χ3v) is 4.05. The minimum atomic E-state index is -0.0927. The van der Waals surface area contributed by atoms with Crippen molar-refractivity contribution in [3.8, 4) is 0 Å². The summed E-state index contributed by atoms with van der Waals surface area (Å²) < 4.78 is 2.09. The molecule has 1 heterocycles. The van der Waals surface area contributed by atoms with Crippen molar-refractivity contribution >= 4 is 16.8 Å². The number of para-hydroxylation sites is 1. The van der Waals surface area contributed by atoms with Crippen LogP contribution in [0.3, 0.4) is 0 Å². The van der Waals surface area contributed by atoms with Crippen molar-refractivity contribution in [3.63, 3.8) is 0 Å². The number of carbonyl (C=O) groups excluding carboxylic acids is 1. The van der Waals surface area contributed by atoms with Gasteiger partial charge in [0.05, 0.1) is 5.92 Å². The molecule has 0 aliphatic heterocycles. The maximum Gasteiger partial charge on any atom is 0.227 e. The molecule has 0 saturated heterocycles. The molecular weight excluding hydrogens is 236 g/mol. The van der Waals surface area contributed by atoms with E-state index in [9.17, 15) is 4.79 Å². The number of aryl methyl sites for hydroxylation is 1. The molecule has 1 amide bonds. The van der Waals surface area contributed by atoms with Crippen LogP contribution in [0.1, 0.15) is 31.2 Å². The molecule has 0 radical (unpaired) electrons. The van der Waals surface area contributed by atoms with Gasteiger partial charge in [0, 0.05) is 30.7 Å². The normalized spacial score (nSPS) is 16.5. The highest BCUT2D eigenvalue weighted by atomic mass is 16.1. The first-order chi connectivity index (χ1) is 9.16. The molecule has 3 rings (SSSR count). The Hall–Kier alpha value is -1.77. The van der Waals surface area contributed by atoms with Crippen molar-refractivity contribution in [2.24, 2.45) is 13.0 Å². The Balaban J connectivity index is 1.83. The zero-order valence-electron chi connectivity index (χ0n) is 11.5. The van der Waals surface area contributed by atoms with E-state index in [1.165, 1.54) is 23.7 Å². The molecule has 0 spiro atoms. The van der Waals surface area contributed by atoms with Crippen LogP contribution in [-0.4, -0.2) is 17.0 Å². The van der Waals surface area contributed by atoms with E-state index in [0.717, 1.165) is 18.0 Å². The number of carbonyl (C=O) groups is 1. The molecule has 1 N–H and O–H groups in total. The molecule has 1 fully saturated rings. The quantitative estimate of drug-likeness (QED) is 0.896. The van der Waals surface area contributed by atoms with Crippen molar-refractivity contribution in [1.29, 1.82) is 0 Å². The molecule has 0 bridgehead atoms. The molecule has 1 aromatic carbocycles. The summed E-state index contributed by atoms with van der Waals surface area (Å²) in [5.74, 6) is 0.775. The maximum absolute atomic E-state index is 12.2. The number of amides is 1. The first-order valence-corrected chi connectivity index (χ1v) is 6.98. The molecule has 3 nitrogen and oxygen atoms in total. The molecule has 1 aliphatic rings. The second-order valence-corrected chi connectivity index (χ2v) is 5.62. The van der Waals surface area contributed by atoms with Gasteiger partial charge in [0.25, 0.3) is 0 Å². The van der Waals surface area contributed by atoms with Gasteiger partial charge in [0.15, 0.2) is 0 Å². The molecule has 1 aliphatic carbocycles. The van der Waals surface area contributed by atoms with Gasteiger partial charge in [-0.1, -0.05) is 18.2 Å². The lowest BCUT2D eigenvalue weighted by Crippen LogP contribution is -2.29. The van der Waals surface area contributed by atoms with Crippen LogP contribution in [-0.2, 0) is 11.8 Å². The Morgan fingerprint density at radius 1 is 1.42 bits per heavy atom. The predicted octanol–water partition coefficient (Wildman–Crippen LogP) is 2.81. The summed E-state index contributed by atoms with van der Waals surface area (Å²) >= 11 is 0. The van der Waals surface area contributed by atoms with Gasteiger partial charge in [0.2, 0.25) is 5.91 Å². The second kappa shape index (κ2) is 4.72. The minimum absolute atomic E-state index is 0.0927. The van der Waals surface area contributed by atoms with Gasteiger partial charge in [0.1, 0.15) is 0 Å². The number of aromatic nitrogens is 1. The van der Waals surface area contributed by atoms with Gasteiger partial charge in [-0.2, -0.15) is 0 Å². The molecule has 1 saturated carbocycles. The number of fused-ring (bicyclic) bond motifs is 1. The van der Waals surface area contributed by atoms with E-state index in [1.807, 2.05) is 26.1 Å². The van der Waals surface area contributed by atoms with Gasteiger partial charge in [-0.3, -0.25) is 4.79 Å². The first-order valence-electron chi connectivity index (χ1n) is 6.98. The van der Waals surface area contributed by atoms with Gasteiger partial charge >= 0.3 is 0 Å². The fourth-order valence-electron chi connectivity index (χ4n) is 2.58. The lowest BCUT2D eigenvalue weighted by molar-refractivity contribution is -0.122. The van der Waals surface area contributed by atoms with Crippen molar-refractivity contribution in [2.75, 3.05) is 6.54 Å². The maximum atomic E-state index is 12.2. The molecule has 2 aromatic rings. The number of rotatable bonds is 4. The highest BCUT2D eigenvalue weighted by Crippen LogP contribution is 2.29. The summed E-state index contributed by atoms with van der Waals surface area (Å²) in [5.41, 5.74) is 2.30. The summed E-state index contributed by atoms with van der Waals surface area (Å²) in [6, 6.07) is 8.24. The van der Waals surface area contributed by atoms with Crippen molar-refractivity contribution in [3.05, 3.63) is 36.0 Å². The van der Waals surface area contributed by atoms with Crippen LogP contribution in [0.25, 0.3) is 10.9 Å². The summed E-state index contributed by atoms with van der Waals surface area (Å²) in [5, 5.41) is 4.25. The fourth-order valence-corrected chi connectivity index (χ4v) is 2.58. The smallest absolute Gasteiger partial charge is 0.227 e. The minimum Gasteiger partial charge on any atom is -0.355 e. The largest absolute Gasteiger partial charge is 0.355 e. The molecule has 1 aromatic heterocycles. The van der Waals surface area contributed by atoms with E-state index in [0.29, 0.717) is 0 Å². The van der Waals surface area contributed by atoms with E-state index < -0.39 is 0 Å². The Kier molecular flexibility index (Phi) is 3.05. The summed E-state index contributed by atoms with van der Waals surface area (Å²) in [4.78, 5) is 12.2. The Morgan fingerprint density at radius 2 is 2.16 bits per heavy atom. The standard InChI is InChI=1S/C16H20N2O/c1-11(16(19)17-9-12-7-8-12)14-10-18(2)15-6-4-3-5-13(14)15/h3-6,10-12H,7-9H2,1-2H3,(H,17,19). The average molecular weight is 256 g/mol. The summed E-state index contributed by atoms with van der Waals surface area (Å²) in [7, 11) is 2.03. The summed E-state index contributed by atoms with van der Waals surface area (Å²) in [6.07, 6.45) is 4.61. The Bertz CT molecular complexity index is 610. The third-order valence-electron chi connectivity index (χ3n) is 4.05. The molecule has 19 heavy (non-hydrogen) atoms. The van der Waals surface area contributed by atoms with Gasteiger partial charge in [-0.25, -0.2) is 0 Å². The van der Waals surface area contributed by atoms with Crippen LogP contribution in [0.5, 0.6) is 0 Å². The zero-order chi connectivity index (χ0) is 13.4. The lowest BCUT2D eigenvalue weighted by atomic mass is 9.99. The molecule has 1 unspecified atom stereocenters. The van der Waals surface area contributed by atoms with E-state index >= 15 is 0 Å². The number of nitrogens with one attached hydrogen (secondary N) is 1. The number of nitrogens with zero attached hydrogens (tertiary/aromatic N) is 1. The highest BCUT2D eigenvalue weighted by Gasteiger charge is 2.24. The predicted molar refractivity (Wildman–Crippen MR) is 77.1 cm³/mol. The van der Waals surface area contributed by atoms with Gasteiger partial charge in [-0.05, 0) is 37.3 Å². The van der Waals surface area contributed by atoms with Crippen molar-refractivity contribution in [1.82, 2.24) is 9.88 Å². The summed E-state index contributed by atoms with van der Waals surface area (Å²) in [6.45, 7) is 2.83. The fraction of sp³-hybridized carbons (Fsp3) is 0.438.